The molecule has 2 aliphatic carbocycles. The minimum Gasteiger partial charge on any atom is -0.312 e. The van der Waals surface area contributed by atoms with E-state index in [1.807, 2.05) is 0 Å². The molecule has 0 aromatic heterocycles. The minimum atomic E-state index is 0.767. The van der Waals surface area contributed by atoms with Crippen molar-refractivity contribution in [2.75, 3.05) is 13.1 Å². The van der Waals surface area contributed by atoms with E-state index in [-0.39, 0.29) is 0 Å². The van der Waals surface area contributed by atoms with Crippen LogP contribution in [0, 0.1) is 0 Å². The standard InChI is InChI=1S/C15H30N2/c1-3-14(12-16-13-10-11-13)17(4-2)15-8-6-5-7-9-15/h13-16H,3-12H2,1-2H3. The zero-order valence-electron chi connectivity index (χ0n) is 11.8. The Bertz CT molecular complexity index is 207. The summed E-state index contributed by atoms with van der Waals surface area (Å²) in [5.74, 6) is 0. The van der Waals surface area contributed by atoms with Gasteiger partial charge < -0.3 is 5.32 Å². The van der Waals surface area contributed by atoms with Crippen molar-refractivity contribution < 1.29 is 0 Å². The van der Waals surface area contributed by atoms with Crippen molar-refractivity contribution in [1.29, 1.82) is 0 Å². The summed E-state index contributed by atoms with van der Waals surface area (Å²) in [6.07, 6.45) is 11.4. The summed E-state index contributed by atoms with van der Waals surface area (Å²) in [4.78, 5) is 2.79. The lowest BCUT2D eigenvalue weighted by atomic mass is 9.92. The number of nitrogens with one attached hydrogen (secondary N) is 1. The van der Waals surface area contributed by atoms with Crippen LogP contribution in [0.25, 0.3) is 0 Å². The Morgan fingerprint density at radius 2 is 1.76 bits per heavy atom. The molecule has 0 aromatic rings. The average Bonchev–Trinajstić information content (AvgIpc) is 3.19. The van der Waals surface area contributed by atoms with Crippen molar-refractivity contribution in [3.05, 3.63) is 0 Å². The van der Waals surface area contributed by atoms with Gasteiger partial charge in [0.2, 0.25) is 0 Å². The number of hydrogen-bond acceptors (Lipinski definition) is 2. The molecule has 2 saturated carbocycles. The molecule has 0 heterocycles. The summed E-state index contributed by atoms with van der Waals surface area (Å²) < 4.78 is 0. The molecule has 0 bridgehead atoms. The van der Waals surface area contributed by atoms with E-state index < -0.39 is 0 Å². The van der Waals surface area contributed by atoms with Gasteiger partial charge >= 0.3 is 0 Å². The molecule has 100 valence electrons. The second kappa shape index (κ2) is 6.75. The molecule has 0 saturated heterocycles. The van der Waals surface area contributed by atoms with Crippen LogP contribution in [0.3, 0.4) is 0 Å². The maximum absolute atomic E-state index is 3.72. The molecular weight excluding hydrogens is 208 g/mol. The zero-order chi connectivity index (χ0) is 12.1. The molecule has 2 nitrogen and oxygen atoms in total. The van der Waals surface area contributed by atoms with Gasteiger partial charge in [-0.15, -0.1) is 0 Å². The molecule has 2 fully saturated rings. The van der Waals surface area contributed by atoms with Gasteiger partial charge in [-0.2, -0.15) is 0 Å². The van der Waals surface area contributed by atoms with Crippen molar-refractivity contribution in [3.8, 4) is 0 Å². The predicted octanol–water partition coefficient (Wildman–Crippen LogP) is 3.17. The number of hydrogen-bond donors (Lipinski definition) is 1. The molecular formula is C15H30N2. The number of nitrogens with zero attached hydrogens (tertiary/aromatic N) is 1. The Kier molecular flexibility index (Phi) is 5.30. The molecule has 2 heteroatoms. The first-order valence-corrected chi connectivity index (χ1v) is 7.84. The molecule has 0 amide bonds. The molecule has 0 spiro atoms. The Morgan fingerprint density at radius 3 is 2.29 bits per heavy atom. The molecule has 0 radical (unpaired) electrons. The van der Waals surface area contributed by atoms with E-state index in [2.05, 4.69) is 24.1 Å². The fourth-order valence-electron chi connectivity index (χ4n) is 3.31. The van der Waals surface area contributed by atoms with E-state index in [1.54, 1.807) is 0 Å². The van der Waals surface area contributed by atoms with Crippen LogP contribution in [0.5, 0.6) is 0 Å². The summed E-state index contributed by atoms with van der Waals surface area (Å²) in [6.45, 7) is 7.14. The van der Waals surface area contributed by atoms with Gasteiger partial charge in [0.05, 0.1) is 0 Å². The highest BCUT2D eigenvalue weighted by Crippen LogP contribution is 2.25. The van der Waals surface area contributed by atoms with E-state index in [9.17, 15) is 0 Å². The van der Waals surface area contributed by atoms with Crippen LogP contribution in [-0.2, 0) is 0 Å². The van der Waals surface area contributed by atoms with Gasteiger partial charge in [-0.25, -0.2) is 0 Å². The fraction of sp³-hybridized carbons (Fsp3) is 1.00. The molecule has 1 N–H and O–H groups in total. The lowest BCUT2D eigenvalue weighted by Crippen LogP contribution is -2.48. The van der Waals surface area contributed by atoms with Crippen molar-refractivity contribution in [2.24, 2.45) is 0 Å². The van der Waals surface area contributed by atoms with Gasteiger partial charge in [0.25, 0.3) is 0 Å². The Morgan fingerprint density at radius 1 is 1.06 bits per heavy atom. The quantitative estimate of drug-likeness (QED) is 0.733. The van der Waals surface area contributed by atoms with Gasteiger partial charge in [-0.3, -0.25) is 4.90 Å². The monoisotopic (exact) mass is 238 g/mol. The third-order valence-corrected chi connectivity index (χ3v) is 4.57. The Hall–Kier alpha value is -0.0800. The summed E-state index contributed by atoms with van der Waals surface area (Å²) in [5.41, 5.74) is 0. The first kappa shape index (κ1) is 13.4. The number of rotatable bonds is 7. The average molecular weight is 238 g/mol. The van der Waals surface area contributed by atoms with E-state index >= 15 is 0 Å². The number of likely N-dealkylation sites (N-methyl/N-ethyl adjacent to an activating group) is 1. The molecule has 1 atom stereocenters. The Balaban J connectivity index is 1.82. The van der Waals surface area contributed by atoms with Crippen molar-refractivity contribution in [2.45, 2.75) is 83.3 Å². The SMILES string of the molecule is CCC(CNC1CC1)N(CC)C1CCCCC1. The second-order valence-corrected chi connectivity index (χ2v) is 5.87. The van der Waals surface area contributed by atoms with Crippen LogP contribution >= 0.6 is 0 Å². The van der Waals surface area contributed by atoms with E-state index in [0.29, 0.717) is 0 Å². The van der Waals surface area contributed by atoms with Crippen molar-refractivity contribution in [3.63, 3.8) is 0 Å². The highest BCUT2D eigenvalue weighted by atomic mass is 15.2. The van der Waals surface area contributed by atoms with Crippen LogP contribution in [0.4, 0.5) is 0 Å². The van der Waals surface area contributed by atoms with Gasteiger partial charge in [0.15, 0.2) is 0 Å². The van der Waals surface area contributed by atoms with E-state index in [1.165, 1.54) is 64.5 Å². The summed E-state index contributed by atoms with van der Waals surface area (Å²) >= 11 is 0. The van der Waals surface area contributed by atoms with E-state index in [0.717, 1.165) is 18.1 Å². The first-order chi connectivity index (χ1) is 8.35. The molecule has 2 rings (SSSR count). The topological polar surface area (TPSA) is 15.3 Å². The first-order valence-electron chi connectivity index (χ1n) is 7.84. The summed E-state index contributed by atoms with van der Waals surface area (Å²) in [7, 11) is 0. The van der Waals surface area contributed by atoms with Crippen LogP contribution < -0.4 is 5.32 Å². The van der Waals surface area contributed by atoms with Gasteiger partial charge in [-0.05, 0) is 38.6 Å². The van der Waals surface area contributed by atoms with E-state index in [4.69, 9.17) is 0 Å². The lowest BCUT2D eigenvalue weighted by Gasteiger charge is -2.39. The van der Waals surface area contributed by atoms with Crippen LogP contribution in [-0.4, -0.2) is 36.1 Å². The highest BCUT2D eigenvalue weighted by Gasteiger charge is 2.27. The Labute approximate surface area is 107 Å². The van der Waals surface area contributed by atoms with Crippen LogP contribution in [0.2, 0.25) is 0 Å². The maximum Gasteiger partial charge on any atom is 0.0220 e. The van der Waals surface area contributed by atoms with Gasteiger partial charge in [-0.1, -0.05) is 33.1 Å². The fourth-order valence-corrected chi connectivity index (χ4v) is 3.31. The zero-order valence-corrected chi connectivity index (χ0v) is 11.8. The normalized spacial score (nSPS) is 24.2. The molecule has 2 aliphatic rings. The second-order valence-electron chi connectivity index (χ2n) is 5.87. The molecule has 0 aromatic carbocycles. The highest BCUT2D eigenvalue weighted by molar-refractivity contribution is 4.86. The third kappa shape index (κ3) is 3.96. The lowest BCUT2D eigenvalue weighted by molar-refractivity contribution is 0.106. The predicted molar refractivity (Wildman–Crippen MR) is 74.4 cm³/mol. The molecule has 17 heavy (non-hydrogen) atoms. The molecule has 1 unspecified atom stereocenters. The van der Waals surface area contributed by atoms with Crippen molar-refractivity contribution >= 4 is 0 Å². The summed E-state index contributed by atoms with van der Waals surface area (Å²) in [5, 5.41) is 3.72. The molecule has 0 aliphatic heterocycles. The van der Waals surface area contributed by atoms with Gasteiger partial charge in [0.1, 0.15) is 0 Å². The van der Waals surface area contributed by atoms with Crippen molar-refractivity contribution in [1.82, 2.24) is 10.2 Å². The minimum absolute atomic E-state index is 0.767. The van der Waals surface area contributed by atoms with Gasteiger partial charge in [0, 0.05) is 24.7 Å². The summed E-state index contributed by atoms with van der Waals surface area (Å²) in [6, 6.07) is 2.50. The smallest absolute Gasteiger partial charge is 0.0220 e. The largest absolute Gasteiger partial charge is 0.312 e. The maximum atomic E-state index is 3.72. The van der Waals surface area contributed by atoms with Crippen LogP contribution in [0.15, 0.2) is 0 Å². The van der Waals surface area contributed by atoms with Crippen LogP contribution in [0.1, 0.15) is 65.2 Å². The third-order valence-electron chi connectivity index (χ3n) is 4.57.